The number of rotatable bonds is 1. The van der Waals surface area contributed by atoms with Gasteiger partial charge in [0.2, 0.25) is 0 Å². The fourth-order valence-electron chi connectivity index (χ4n) is 1.08. The molecule has 0 spiro atoms. The zero-order chi connectivity index (χ0) is 5.98. The van der Waals surface area contributed by atoms with Gasteiger partial charge in [0.1, 0.15) is 12.5 Å². The summed E-state index contributed by atoms with van der Waals surface area (Å²) in [5.74, 6) is 0.0185. The molecule has 0 saturated heterocycles. The Kier molecular flexibility index (Phi) is 1.61. The third-order valence-corrected chi connectivity index (χ3v) is 1.60. The van der Waals surface area contributed by atoms with Crippen molar-refractivity contribution in [3.63, 3.8) is 0 Å². The first-order valence-corrected chi connectivity index (χ1v) is 2.92. The van der Waals surface area contributed by atoms with E-state index in [1.54, 1.807) is 0 Å². The van der Waals surface area contributed by atoms with Crippen LogP contribution in [0, 0.1) is 5.92 Å². The van der Waals surface area contributed by atoms with Crippen molar-refractivity contribution < 1.29 is 9.18 Å². The number of alkyl halides is 1. The molecule has 1 fully saturated rings. The summed E-state index contributed by atoms with van der Waals surface area (Å²) in [5, 5.41) is 0. The van der Waals surface area contributed by atoms with E-state index < -0.39 is 6.17 Å². The second-order valence-electron chi connectivity index (χ2n) is 2.31. The summed E-state index contributed by atoms with van der Waals surface area (Å²) in [6.07, 6.45) is 1.96. The molecular weight excluding hydrogens is 107 g/mol. The Morgan fingerprint density at radius 1 is 1.50 bits per heavy atom. The number of carbonyl (C=O) groups excluding carboxylic acids is 1. The van der Waals surface area contributed by atoms with E-state index in [2.05, 4.69) is 0 Å². The normalized spacial score (nSPS) is 37.6. The number of aldehydes is 1. The lowest BCUT2D eigenvalue weighted by molar-refractivity contribution is -0.111. The molecule has 1 aliphatic carbocycles. The number of carbonyl (C=O) groups is 1. The highest BCUT2D eigenvalue weighted by atomic mass is 19.1. The molecule has 0 heterocycles. The average molecular weight is 116 g/mol. The van der Waals surface area contributed by atoms with Gasteiger partial charge in [-0.1, -0.05) is 0 Å². The molecule has 2 heteroatoms. The number of halogens is 1. The van der Waals surface area contributed by atoms with E-state index >= 15 is 0 Å². The van der Waals surface area contributed by atoms with Crippen molar-refractivity contribution in [3.05, 3.63) is 0 Å². The first kappa shape index (κ1) is 5.73. The van der Waals surface area contributed by atoms with Gasteiger partial charge in [-0.05, 0) is 19.3 Å². The second kappa shape index (κ2) is 2.25. The fraction of sp³-hybridized carbons (Fsp3) is 0.833. The summed E-state index contributed by atoms with van der Waals surface area (Å²) >= 11 is 0. The smallest absolute Gasteiger partial charge is 0.123 e. The van der Waals surface area contributed by atoms with E-state index in [1.807, 2.05) is 0 Å². The topological polar surface area (TPSA) is 17.1 Å². The van der Waals surface area contributed by atoms with Gasteiger partial charge in [-0.3, -0.25) is 0 Å². The van der Waals surface area contributed by atoms with Crippen molar-refractivity contribution in [2.24, 2.45) is 5.92 Å². The van der Waals surface area contributed by atoms with Gasteiger partial charge in [-0.25, -0.2) is 4.39 Å². The van der Waals surface area contributed by atoms with Crippen molar-refractivity contribution >= 4 is 6.29 Å². The molecule has 1 saturated carbocycles. The molecule has 0 aromatic heterocycles. The highest BCUT2D eigenvalue weighted by Gasteiger charge is 2.22. The van der Waals surface area contributed by atoms with Gasteiger partial charge in [-0.2, -0.15) is 0 Å². The lowest BCUT2D eigenvalue weighted by Gasteiger charge is -1.92. The summed E-state index contributed by atoms with van der Waals surface area (Å²) in [5.41, 5.74) is 0. The van der Waals surface area contributed by atoms with Crippen LogP contribution in [0.3, 0.4) is 0 Å². The maximum atomic E-state index is 12.2. The SMILES string of the molecule is O=C[C@H]1CC[C@@H](F)C1. The molecule has 46 valence electrons. The minimum Gasteiger partial charge on any atom is -0.303 e. The van der Waals surface area contributed by atoms with Crippen molar-refractivity contribution in [1.82, 2.24) is 0 Å². The molecule has 0 N–H and O–H groups in total. The van der Waals surface area contributed by atoms with Crippen molar-refractivity contribution in [2.75, 3.05) is 0 Å². The minimum absolute atomic E-state index is 0.0185. The second-order valence-corrected chi connectivity index (χ2v) is 2.31. The summed E-state index contributed by atoms with van der Waals surface area (Å²) in [6, 6.07) is 0. The molecule has 1 rings (SSSR count). The van der Waals surface area contributed by atoms with Gasteiger partial charge in [0.05, 0.1) is 0 Å². The molecular formula is C6H9FO. The van der Waals surface area contributed by atoms with Crippen molar-refractivity contribution in [1.29, 1.82) is 0 Å². The zero-order valence-electron chi connectivity index (χ0n) is 4.64. The van der Waals surface area contributed by atoms with Gasteiger partial charge in [0.15, 0.2) is 0 Å². The largest absolute Gasteiger partial charge is 0.303 e. The summed E-state index contributed by atoms with van der Waals surface area (Å²) < 4.78 is 12.2. The van der Waals surface area contributed by atoms with Gasteiger partial charge in [0, 0.05) is 5.92 Å². The fourth-order valence-corrected chi connectivity index (χ4v) is 1.08. The Bertz CT molecular complexity index is 92.5. The molecule has 0 aromatic carbocycles. The molecule has 2 atom stereocenters. The molecule has 0 unspecified atom stereocenters. The van der Waals surface area contributed by atoms with Crippen LogP contribution < -0.4 is 0 Å². The third-order valence-electron chi connectivity index (χ3n) is 1.60. The highest BCUT2D eigenvalue weighted by molar-refractivity contribution is 5.54. The summed E-state index contributed by atoms with van der Waals surface area (Å²) in [7, 11) is 0. The standard InChI is InChI=1S/C6H9FO/c7-6-2-1-5(3-6)4-8/h4-6H,1-3H2/t5-,6+/m0/s1. The van der Waals surface area contributed by atoms with E-state index in [-0.39, 0.29) is 5.92 Å². The predicted molar refractivity (Wildman–Crippen MR) is 28.3 cm³/mol. The quantitative estimate of drug-likeness (QED) is 0.472. The van der Waals surface area contributed by atoms with E-state index in [0.29, 0.717) is 12.8 Å². The van der Waals surface area contributed by atoms with E-state index in [0.717, 1.165) is 12.7 Å². The van der Waals surface area contributed by atoms with Crippen LogP contribution in [-0.4, -0.2) is 12.5 Å². The van der Waals surface area contributed by atoms with Crippen molar-refractivity contribution in [2.45, 2.75) is 25.4 Å². The Hall–Kier alpha value is -0.400. The van der Waals surface area contributed by atoms with Gasteiger partial charge >= 0.3 is 0 Å². The predicted octanol–water partition coefficient (Wildman–Crippen LogP) is 1.32. The van der Waals surface area contributed by atoms with Crippen LogP contribution in [0.5, 0.6) is 0 Å². The van der Waals surface area contributed by atoms with Crippen LogP contribution in [0.1, 0.15) is 19.3 Å². The lowest BCUT2D eigenvalue weighted by Crippen LogP contribution is -1.95. The van der Waals surface area contributed by atoms with Crippen LogP contribution in [-0.2, 0) is 4.79 Å². The van der Waals surface area contributed by atoms with Gasteiger partial charge in [-0.15, -0.1) is 0 Å². The van der Waals surface area contributed by atoms with E-state index in [9.17, 15) is 9.18 Å². The van der Waals surface area contributed by atoms with Gasteiger partial charge in [0.25, 0.3) is 0 Å². The molecule has 0 aromatic rings. The van der Waals surface area contributed by atoms with Crippen LogP contribution in [0.15, 0.2) is 0 Å². The average Bonchev–Trinajstić information content (AvgIpc) is 2.14. The van der Waals surface area contributed by atoms with Gasteiger partial charge < -0.3 is 4.79 Å². The van der Waals surface area contributed by atoms with Crippen molar-refractivity contribution in [3.8, 4) is 0 Å². The Morgan fingerprint density at radius 3 is 2.50 bits per heavy atom. The van der Waals surface area contributed by atoms with Crippen LogP contribution in [0.2, 0.25) is 0 Å². The molecule has 1 nitrogen and oxygen atoms in total. The molecule has 0 bridgehead atoms. The monoisotopic (exact) mass is 116 g/mol. The Labute approximate surface area is 47.9 Å². The maximum absolute atomic E-state index is 12.2. The molecule has 8 heavy (non-hydrogen) atoms. The first-order chi connectivity index (χ1) is 3.83. The lowest BCUT2D eigenvalue weighted by atomic mass is 10.1. The summed E-state index contributed by atoms with van der Waals surface area (Å²) in [6.45, 7) is 0. The van der Waals surface area contributed by atoms with Crippen LogP contribution in [0.4, 0.5) is 4.39 Å². The maximum Gasteiger partial charge on any atom is 0.123 e. The highest BCUT2D eigenvalue weighted by Crippen LogP contribution is 2.25. The van der Waals surface area contributed by atoms with Crippen LogP contribution in [0.25, 0.3) is 0 Å². The molecule has 0 radical (unpaired) electrons. The first-order valence-electron chi connectivity index (χ1n) is 2.92. The van der Waals surface area contributed by atoms with E-state index in [4.69, 9.17) is 0 Å². The van der Waals surface area contributed by atoms with E-state index in [1.165, 1.54) is 0 Å². The molecule has 0 aliphatic heterocycles. The number of hydrogen-bond acceptors (Lipinski definition) is 1. The third kappa shape index (κ3) is 1.05. The van der Waals surface area contributed by atoms with Crippen LogP contribution >= 0.6 is 0 Å². The molecule has 1 aliphatic rings. The Morgan fingerprint density at radius 2 is 2.25 bits per heavy atom. The summed E-state index contributed by atoms with van der Waals surface area (Å²) in [4.78, 5) is 9.99. The Balaban J connectivity index is 2.32. The minimum atomic E-state index is -0.704. The number of hydrogen-bond donors (Lipinski definition) is 0. The molecule has 0 amide bonds. The zero-order valence-corrected chi connectivity index (χ0v) is 4.64.